The smallest absolute Gasteiger partial charge is 0.410 e. The molecule has 0 unspecified atom stereocenters. The molecule has 5 aliphatic rings. The van der Waals surface area contributed by atoms with E-state index in [9.17, 15) is 4.79 Å². The lowest BCUT2D eigenvalue weighted by Crippen LogP contribution is -2.54. The summed E-state index contributed by atoms with van der Waals surface area (Å²) in [6.07, 6.45) is 11.3. The van der Waals surface area contributed by atoms with E-state index in [1.807, 2.05) is 6.08 Å². The fourth-order valence-corrected chi connectivity index (χ4v) is 5.50. The summed E-state index contributed by atoms with van der Waals surface area (Å²) >= 11 is 0. The molecule has 5 heteroatoms. The van der Waals surface area contributed by atoms with Crippen LogP contribution in [0.3, 0.4) is 0 Å². The number of nitrogens with zero attached hydrogens (tertiary/aromatic N) is 2. The minimum atomic E-state index is -0.182. The second-order valence-electron chi connectivity index (χ2n) is 7.70. The highest BCUT2D eigenvalue weighted by molar-refractivity contribution is 5.80. The van der Waals surface area contributed by atoms with E-state index >= 15 is 0 Å². The molecule has 4 saturated carbocycles. The van der Waals surface area contributed by atoms with E-state index in [2.05, 4.69) is 5.16 Å². The molecule has 0 radical (unpaired) electrons. The van der Waals surface area contributed by atoms with Gasteiger partial charge in [0.1, 0.15) is 5.60 Å². The van der Waals surface area contributed by atoms with Crippen LogP contribution in [0.25, 0.3) is 0 Å². The maximum absolute atomic E-state index is 12.6. The molecule has 4 bridgehead atoms. The lowest BCUT2D eigenvalue weighted by Gasteiger charge is -2.55. The second-order valence-corrected chi connectivity index (χ2v) is 7.70. The van der Waals surface area contributed by atoms with Crippen LogP contribution in [-0.2, 0) is 4.74 Å². The molecule has 1 aliphatic heterocycles. The summed E-state index contributed by atoms with van der Waals surface area (Å²) in [7, 11) is 0. The molecule has 0 atom stereocenters. The van der Waals surface area contributed by atoms with Crippen molar-refractivity contribution in [3.05, 3.63) is 11.6 Å². The summed E-state index contributed by atoms with van der Waals surface area (Å²) in [5.74, 6) is 2.33. The SMILES string of the molecule is O=C(OC12CC3CC(CC(C3)C1)C2)N1CCC=C(/C=N/O)C1. The van der Waals surface area contributed by atoms with E-state index in [-0.39, 0.29) is 11.7 Å². The third kappa shape index (κ3) is 2.50. The number of carbonyl (C=O) groups excluding carboxylic acids is 1. The monoisotopic (exact) mass is 304 g/mol. The molecule has 22 heavy (non-hydrogen) atoms. The molecule has 5 nitrogen and oxygen atoms in total. The van der Waals surface area contributed by atoms with Gasteiger partial charge in [0.15, 0.2) is 0 Å². The first-order chi connectivity index (χ1) is 10.7. The number of hydrogen-bond donors (Lipinski definition) is 1. The molecule has 0 aromatic heterocycles. The Hall–Kier alpha value is -1.52. The molecule has 4 fully saturated rings. The highest BCUT2D eigenvalue weighted by Gasteiger charge is 2.53. The predicted octanol–water partition coefficient (Wildman–Crippen LogP) is 3.18. The van der Waals surface area contributed by atoms with E-state index in [0.717, 1.165) is 49.0 Å². The van der Waals surface area contributed by atoms with Gasteiger partial charge in [-0.05, 0) is 68.3 Å². The molecule has 1 heterocycles. The first-order valence-corrected chi connectivity index (χ1v) is 8.50. The van der Waals surface area contributed by atoms with Crippen molar-refractivity contribution in [3.63, 3.8) is 0 Å². The van der Waals surface area contributed by atoms with Crippen LogP contribution in [0.15, 0.2) is 16.8 Å². The summed E-state index contributed by atoms with van der Waals surface area (Å²) in [5.41, 5.74) is 0.689. The number of oxime groups is 1. The molecule has 0 aromatic carbocycles. The van der Waals surface area contributed by atoms with Crippen LogP contribution in [0.5, 0.6) is 0 Å². The van der Waals surface area contributed by atoms with Crippen LogP contribution < -0.4 is 0 Å². The topological polar surface area (TPSA) is 62.1 Å². The first kappa shape index (κ1) is 14.1. The Morgan fingerprint density at radius 2 is 1.91 bits per heavy atom. The van der Waals surface area contributed by atoms with Crippen molar-refractivity contribution in [2.75, 3.05) is 13.1 Å². The molecule has 4 aliphatic carbocycles. The van der Waals surface area contributed by atoms with Gasteiger partial charge in [-0.2, -0.15) is 0 Å². The standard InChI is InChI=1S/C17H24N2O3/c20-16(19-3-1-2-12(11-19)10-18-21)22-17-7-13-4-14(8-17)6-15(5-13)9-17/h2,10,13-15,21H,1,3-9,11H2/b18-10+. The van der Waals surface area contributed by atoms with E-state index in [4.69, 9.17) is 9.94 Å². The van der Waals surface area contributed by atoms with Crippen LogP contribution in [0.2, 0.25) is 0 Å². The zero-order chi connectivity index (χ0) is 15.2. The molecule has 0 spiro atoms. The third-order valence-corrected chi connectivity index (χ3v) is 5.95. The van der Waals surface area contributed by atoms with Gasteiger partial charge in [-0.15, -0.1) is 0 Å². The van der Waals surface area contributed by atoms with Crippen molar-refractivity contribution in [1.29, 1.82) is 0 Å². The average Bonchev–Trinajstić information content (AvgIpc) is 2.46. The van der Waals surface area contributed by atoms with Crippen LogP contribution in [0, 0.1) is 17.8 Å². The van der Waals surface area contributed by atoms with Gasteiger partial charge in [0.25, 0.3) is 0 Å². The van der Waals surface area contributed by atoms with Gasteiger partial charge in [0.2, 0.25) is 0 Å². The Balaban J connectivity index is 1.43. The first-order valence-electron chi connectivity index (χ1n) is 8.50. The van der Waals surface area contributed by atoms with Crippen LogP contribution in [-0.4, -0.2) is 41.1 Å². The Morgan fingerprint density at radius 3 is 2.50 bits per heavy atom. The van der Waals surface area contributed by atoms with E-state index in [1.54, 1.807) is 4.90 Å². The number of ether oxygens (including phenoxy) is 1. The second kappa shape index (κ2) is 5.28. The molecule has 0 aromatic rings. The highest BCUT2D eigenvalue weighted by Crippen LogP contribution is 2.57. The minimum absolute atomic E-state index is 0.182. The highest BCUT2D eigenvalue weighted by atomic mass is 16.6. The van der Waals surface area contributed by atoms with Gasteiger partial charge >= 0.3 is 6.09 Å². The lowest BCUT2D eigenvalue weighted by atomic mass is 9.54. The van der Waals surface area contributed by atoms with Crippen molar-refractivity contribution in [3.8, 4) is 0 Å². The van der Waals surface area contributed by atoms with Crippen molar-refractivity contribution >= 4 is 12.3 Å². The van der Waals surface area contributed by atoms with Crippen LogP contribution >= 0.6 is 0 Å². The fraction of sp³-hybridized carbons (Fsp3) is 0.765. The molecular weight excluding hydrogens is 280 g/mol. The lowest BCUT2D eigenvalue weighted by molar-refractivity contribution is -0.133. The number of amides is 1. The summed E-state index contributed by atoms with van der Waals surface area (Å²) in [6, 6.07) is 0. The van der Waals surface area contributed by atoms with E-state index in [0.29, 0.717) is 13.1 Å². The zero-order valence-corrected chi connectivity index (χ0v) is 12.9. The average molecular weight is 304 g/mol. The van der Waals surface area contributed by atoms with Crippen molar-refractivity contribution in [1.82, 2.24) is 4.90 Å². The number of hydrogen-bond acceptors (Lipinski definition) is 4. The van der Waals surface area contributed by atoms with Crippen LogP contribution in [0.1, 0.15) is 44.9 Å². The maximum Gasteiger partial charge on any atom is 0.410 e. The fourth-order valence-electron chi connectivity index (χ4n) is 5.50. The summed E-state index contributed by atoms with van der Waals surface area (Å²) in [4.78, 5) is 14.3. The summed E-state index contributed by atoms with van der Waals surface area (Å²) in [5, 5.41) is 11.7. The normalized spacial score (nSPS) is 40.1. The Morgan fingerprint density at radius 1 is 1.27 bits per heavy atom. The number of rotatable bonds is 2. The van der Waals surface area contributed by atoms with E-state index in [1.165, 1.54) is 25.5 Å². The summed E-state index contributed by atoms with van der Waals surface area (Å²) in [6.45, 7) is 1.17. The Labute approximate surface area is 131 Å². The Bertz CT molecular complexity index is 491. The van der Waals surface area contributed by atoms with Gasteiger partial charge < -0.3 is 14.8 Å². The van der Waals surface area contributed by atoms with Crippen LogP contribution in [0.4, 0.5) is 4.79 Å². The molecular formula is C17H24N2O3. The predicted molar refractivity (Wildman–Crippen MR) is 81.9 cm³/mol. The van der Waals surface area contributed by atoms with Gasteiger partial charge in [-0.1, -0.05) is 11.2 Å². The molecule has 5 rings (SSSR count). The largest absolute Gasteiger partial charge is 0.443 e. The number of carbonyl (C=O) groups is 1. The molecule has 0 saturated heterocycles. The van der Waals surface area contributed by atoms with Gasteiger partial charge in [0.05, 0.1) is 12.8 Å². The molecule has 1 N–H and O–H groups in total. The van der Waals surface area contributed by atoms with Crippen molar-refractivity contribution < 1.29 is 14.7 Å². The quantitative estimate of drug-likeness (QED) is 0.484. The third-order valence-electron chi connectivity index (χ3n) is 5.95. The van der Waals surface area contributed by atoms with Gasteiger partial charge in [-0.3, -0.25) is 0 Å². The zero-order valence-electron chi connectivity index (χ0n) is 12.9. The van der Waals surface area contributed by atoms with E-state index < -0.39 is 0 Å². The Kier molecular flexibility index (Phi) is 3.39. The maximum atomic E-state index is 12.6. The minimum Gasteiger partial charge on any atom is -0.443 e. The van der Waals surface area contributed by atoms with Crippen molar-refractivity contribution in [2.24, 2.45) is 22.9 Å². The van der Waals surface area contributed by atoms with Crippen molar-refractivity contribution in [2.45, 2.75) is 50.5 Å². The molecule has 1 amide bonds. The molecule has 120 valence electrons. The summed E-state index contributed by atoms with van der Waals surface area (Å²) < 4.78 is 6.07. The van der Waals surface area contributed by atoms with Gasteiger partial charge in [0, 0.05) is 6.54 Å². The van der Waals surface area contributed by atoms with Gasteiger partial charge in [-0.25, -0.2) is 4.79 Å².